The number of hydrogen-bond donors (Lipinski definition) is 1. The molecule has 28 heavy (non-hydrogen) atoms. The molecule has 1 aliphatic heterocycles. The average molecular weight is 392 g/mol. The summed E-state index contributed by atoms with van der Waals surface area (Å²) in [6.07, 6.45) is 0.192. The number of rotatable bonds is 6. The summed E-state index contributed by atoms with van der Waals surface area (Å²) in [5.74, 6) is 0.511. The van der Waals surface area contributed by atoms with Gasteiger partial charge < -0.3 is 15.0 Å². The van der Waals surface area contributed by atoms with Crippen molar-refractivity contribution in [2.24, 2.45) is 0 Å². The van der Waals surface area contributed by atoms with Gasteiger partial charge in [-0.05, 0) is 35.2 Å². The lowest BCUT2D eigenvalue weighted by Crippen LogP contribution is -2.31. The van der Waals surface area contributed by atoms with Gasteiger partial charge in [-0.15, -0.1) is 11.3 Å². The summed E-state index contributed by atoms with van der Waals surface area (Å²) < 4.78 is 5.21. The Bertz CT molecular complexity index is 1000. The van der Waals surface area contributed by atoms with Gasteiger partial charge in [0, 0.05) is 28.7 Å². The SMILES string of the molecule is COc1cccc(NC(=O)CC(c2cccs2)N2Cc3ccccc3C2=O)c1. The molecule has 0 fully saturated rings. The molecule has 0 radical (unpaired) electrons. The van der Waals surface area contributed by atoms with Crippen LogP contribution in [0.5, 0.6) is 5.75 Å². The third kappa shape index (κ3) is 3.64. The van der Waals surface area contributed by atoms with E-state index in [0.29, 0.717) is 18.0 Å². The van der Waals surface area contributed by atoms with Crippen molar-refractivity contribution in [3.05, 3.63) is 82.0 Å². The fourth-order valence-corrected chi connectivity index (χ4v) is 4.30. The van der Waals surface area contributed by atoms with Crippen LogP contribution < -0.4 is 10.1 Å². The highest BCUT2D eigenvalue weighted by Gasteiger charge is 2.34. The Morgan fingerprint density at radius 3 is 2.79 bits per heavy atom. The highest BCUT2D eigenvalue weighted by molar-refractivity contribution is 7.10. The van der Waals surface area contributed by atoms with Crippen molar-refractivity contribution in [2.75, 3.05) is 12.4 Å². The Morgan fingerprint density at radius 1 is 1.18 bits per heavy atom. The zero-order chi connectivity index (χ0) is 19.5. The molecule has 5 nitrogen and oxygen atoms in total. The van der Waals surface area contributed by atoms with E-state index in [1.165, 1.54) is 0 Å². The van der Waals surface area contributed by atoms with Gasteiger partial charge in [0.15, 0.2) is 0 Å². The number of fused-ring (bicyclic) bond motifs is 1. The molecule has 0 saturated heterocycles. The number of thiophene rings is 1. The fourth-order valence-electron chi connectivity index (χ4n) is 3.46. The van der Waals surface area contributed by atoms with E-state index in [9.17, 15) is 9.59 Å². The van der Waals surface area contributed by atoms with E-state index in [-0.39, 0.29) is 24.3 Å². The third-order valence-electron chi connectivity index (χ3n) is 4.83. The van der Waals surface area contributed by atoms with Crippen LogP contribution in [-0.2, 0) is 11.3 Å². The number of hydrogen-bond acceptors (Lipinski definition) is 4. The molecule has 2 aromatic carbocycles. The first kappa shape index (κ1) is 18.3. The van der Waals surface area contributed by atoms with Crippen LogP contribution in [0.3, 0.4) is 0 Å². The second-order valence-electron chi connectivity index (χ2n) is 6.61. The predicted molar refractivity (Wildman–Crippen MR) is 110 cm³/mol. The van der Waals surface area contributed by atoms with Crippen LogP contribution in [0.15, 0.2) is 66.0 Å². The van der Waals surface area contributed by atoms with E-state index in [4.69, 9.17) is 4.74 Å². The van der Waals surface area contributed by atoms with Crippen molar-refractivity contribution >= 4 is 28.8 Å². The van der Waals surface area contributed by atoms with Crippen molar-refractivity contribution in [2.45, 2.75) is 19.0 Å². The number of nitrogens with zero attached hydrogens (tertiary/aromatic N) is 1. The molecular formula is C22H20N2O3S. The molecule has 1 atom stereocenters. The molecule has 0 spiro atoms. The molecule has 6 heteroatoms. The molecule has 4 rings (SSSR count). The molecule has 2 amide bonds. The Balaban J connectivity index is 1.55. The minimum absolute atomic E-state index is 0.0248. The normalized spacial score (nSPS) is 13.9. The number of anilines is 1. The molecular weight excluding hydrogens is 372 g/mol. The van der Waals surface area contributed by atoms with Crippen molar-refractivity contribution < 1.29 is 14.3 Å². The van der Waals surface area contributed by atoms with Crippen LogP contribution in [-0.4, -0.2) is 23.8 Å². The summed E-state index contributed by atoms with van der Waals surface area (Å²) in [7, 11) is 1.59. The number of carbonyl (C=O) groups is 2. The van der Waals surface area contributed by atoms with Crippen LogP contribution >= 0.6 is 11.3 Å². The third-order valence-corrected chi connectivity index (χ3v) is 5.80. The summed E-state index contributed by atoms with van der Waals surface area (Å²) >= 11 is 1.56. The summed E-state index contributed by atoms with van der Waals surface area (Å²) in [4.78, 5) is 28.5. The van der Waals surface area contributed by atoms with Gasteiger partial charge in [-0.1, -0.05) is 30.3 Å². The number of benzene rings is 2. The molecule has 0 aliphatic carbocycles. The zero-order valence-electron chi connectivity index (χ0n) is 15.4. The minimum Gasteiger partial charge on any atom is -0.497 e. The Morgan fingerprint density at radius 2 is 2.04 bits per heavy atom. The number of amides is 2. The highest BCUT2D eigenvalue weighted by atomic mass is 32.1. The predicted octanol–water partition coefficient (Wildman–Crippen LogP) is 4.48. The van der Waals surface area contributed by atoms with Crippen molar-refractivity contribution in [3.63, 3.8) is 0 Å². The van der Waals surface area contributed by atoms with Crippen LogP contribution in [0.25, 0.3) is 0 Å². The van der Waals surface area contributed by atoms with Gasteiger partial charge in [-0.25, -0.2) is 0 Å². The first-order chi connectivity index (χ1) is 13.7. The van der Waals surface area contributed by atoms with E-state index >= 15 is 0 Å². The number of methoxy groups -OCH3 is 1. The largest absolute Gasteiger partial charge is 0.497 e. The molecule has 1 N–H and O–H groups in total. The molecule has 3 aromatic rings. The Kier molecular flexibility index (Phi) is 5.12. The monoisotopic (exact) mass is 392 g/mol. The molecule has 1 unspecified atom stereocenters. The molecule has 2 heterocycles. The summed E-state index contributed by atoms with van der Waals surface area (Å²) in [6.45, 7) is 0.518. The maximum Gasteiger partial charge on any atom is 0.255 e. The van der Waals surface area contributed by atoms with E-state index in [1.807, 2.05) is 60.0 Å². The van der Waals surface area contributed by atoms with E-state index in [1.54, 1.807) is 29.4 Å². The second kappa shape index (κ2) is 7.86. The first-order valence-corrected chi connectivity index (χ1v) is 9.90. The van der Waals surface area contributed by atoms with Gasteiger partial charge in [0.2, 0.25) is 5.91 Å². The quantitative estimate of drug-likeness (QED) is 0.673. The topological polar surface area (TPSA) is 58.6 Å². The summed E-state index contributed by atoms with van der Waals surface area (Å²) in [6, 6.07) is 18.5. The summed E-state index contributed by atoms with van der Waals surface area (Å²) in [5, 5.41) is 4.88. The number of ether oxygens (including phenoxy) is 1. The lowest BCUT2D eigenvalue weighted by Gasteiger charge is -2.26. The molecule has 142 valence electrons. The maximum absolute atomic E-state index is 12.9. The molecule has 0 bridgehead atoms. The number of carbonyl (C=O) groups excluding carboxylic acids is 2. The van der Waals surface area contributed by atoms with Crippen LogP contribution in [0.4, 0.5) is 5.69 Å². The molecule has 1 aromatic heterocycles. The number of nitrogens with one attached hydrogen (secondary N) is 1. The van der Waals surface area contributed by atoms with E-state index in [0.717, 1.165) is 16.0 Å². The average Bonchev–Trinajstić information content (AvgIpc) is 3.35. The summed E-state index contributed by atoms with van der Waals surface area (Å²) in [5.41, 5.74) is 2.39. The van der Waals surface area contributed by atoms with E-state index < -0.39 is 0 Å². The van der Waals surface area contributed by atoms with E-state index in [2.05, 4.69) is 5.32 Å². The van der Waals surface area contributed by atoms with Gasteiger partial charge in [-0.2, -0.15) is 0 Å². The second-order valence-corrected chi connectivity index (χ2v) is 7.58. The minimum atomic E-state index is -0.300. The molecule has 0 saturated carbocycles. The van der Waals surface area contributed by atoms with Gasteiger partial charge in [0.25, 0.3) is 5.91 Å². The lowest BCUT2D eigenvalue weighted by molar-refractivity contribution is -0.117. The Labute approximate surface area is 167 Å². The smallest absolute Gasteiger partial charge is 0.255 e. The van der Waals surface area contributed by atoms with Gasteiger partial charge in [0.1, 0.15) is 5.75 Å². The lowest BCUT2D eigenvalue weighted by atomic mass is 10.1. The van der Waals surface area contributed by atoms with Crippen LogP contribution in [0.1, 0.15) is 33.3 Å². The van der Waals surface area contributed by atoms with Gasteiger partial charge >= 0.3 is 0 Å². The zero-order valence-corrected chi connectivity index (χ0v) is 16.2. The maximum atomic E-state index is 12.9. The fraction of sp³-hybridized carbons (Fsp3) is 0.182. The van der Waals surface area contributed by atoms with Gasteiger partial charge in [-0.3, -0.25) is 9.59 Å². The standard InChI is InChI=1S/C22H20N2O3S/c1-27-17-8-4-7-16(12-17)23-21(25)13-19(20-10-5-11-28-20)24-14-15-6-2-3-9-18(15)22(24)26/h2-12,19H,13-14H2,1H3,(H,23,25). The highest BCUT2D eigenvalue weighted by Crippen LogP contribution is 2.35. The first-order valence-electron chi connectivity index (χ1n) is 9.02. The van der Waals surface area contributed by atoms with Gasteiger partial charge in [0.05, 0.1) is 19.6 Å². The van der Waals surface area contributed by atoms with Crippen LogP contribution in [0, 0.1) is 0 Å². The molecule has 1 aliphatic rings. The van der Waals surface area contributed by atoms with Crippen LogP contribution in [0.2, 0.25) is 0 Å². The Hall–Kier alpha value is -3.12. The van der Waals surface area contributed by atoms with Crippen molar-refractivity contribution in [1.82, 2.24) is 4.90 Å². The van der Waals surface area contributed by atoms with Crippen molar-refractivity contribution in [1.29, 1.82) is 0 Å². The van der Waals surface area contributed by atoms with Crippen molar-refractivity contribution in [3.8, 4) is 5.75 Å².